The summed E-state index contributed by atoms with van der Waals surface area (Å²) >= 11 is 0. The number of amides is 1. The van der Waals surface area contributed by atoms with Crippen molar-refractivity contribution < 1.29 is 19.4 Å². The van der Waals surface area contributed by atoms with E-state index in [2.05, 4.69) is 5.10 Å². The van der Waals surface area contributed by atoms with E-state index in [1.807, 2.05) is 20.9 Å². The first-order valence-electron chi connectivity index (χ1n) is 6.86. The number of likely N-dealkylation sites (tertiary alicyclic amines) is 1. The molecule has 1 N–H and O–H groups in total. The Morgan fingerprint density at radius 2 is 2.10 bits per heavy atom. The van der Waals surface area contributed by atoms with Gasteiger partial charge < -0.3 is 14.7 Å². The monoisotopic (exact) mass is 295 g/mol. The van der Waals surface area contributed by atoms with Crippen LogP contribution in [-0.4, -0.2) is 57.5 Å². The molecule has 0 saturated carbocycles. The van der Waals surface area contributed by atoms with Crippen molar-refractivity contribution in [2.75, 3.05) is 20.2 Å². The Morgan fingerprint density at radius 3 is 2.52 bits per heavy atom. The third-order valence-electron chi connectivity index (χ3n) is 4.35. The molecule has 1 fully saturated rings. The van der Waals surface area contributed by atoms with Gasteiger partial charge in [-0.05, 0) is 13.8 Å². The lowest BCUT2D eigenvalue weighted by Gasteiger charge is -2.23. The van der Waals surface area contributed by atoms with E-state index in [9.17, 15) is 14.7 Å². The number of ether oxygens (including phenoxy) is 1. The van der Waals surface area contributed by atoms with Crippen molar-refractivity contribution in [3.8, 4) is 0 Å². The third-order valence-corrected chi connectivity index (χ3v) is 4.35. The van der Waals surface area contributed by atoms with Gasteiger partial charge in [-0.1, -0.05) is 0 Å². The third kappa shape index (κ3) is 2.65. The SMILES string of the molecule is COC1(C(=O)O)CCN(C(=O)Cc2c(C)nn(C)c2C)C1. The number of nitrogens with zero attached hydrogens (tertiary/aromatic N) is 3. The van der Waals surface area contributed by atoms with E-state index in [0.29, 0.717) is 13.0 Å². The van der Waals surface area contributed by atoms with Gasteiger partial charge in [0.05, 0.1) is 18.7 Å². The molecule has 7 heteroatoms. The largest absolute Gasteiger partial charge is 0.479 e. The molecule has 1 aromatic heterocycles. The number of hydrogen-bond donors (Lipinski definition) is 1. The first-order chi connectivity index (χ1) is 9.80. The zero-order valence-electron chi connectivity index (χ0n) is 12.8. The maximum absolute atomic E-state index is 12.4. The number of aromatic nitrogens is 2. The first kappa shape index (κ1) is 15.5. The summed E-state index contributed by atoms with van der Waals surface area (Å²) in [5.74, 6) is -1.11. The minimum Gasteiger partial charge on any atom is -0.479 e. The van der Waals surface area contributed by atoms with Gasteiger partial charge >= 0.3 is 5.97 Å². The van der Waals surface area contributed by atoms with Crippen LogP contribution >= 0.6 is 0 Å². The minimum atomic E-state index is -1.27. The van der Waals surface area contributed by atoms with Crippen LogP contribution < -0.4 is 0 Å². The second-order valence-corrected chi connectivity index (χ2v) is 5.52. The van der Waals surface area contributed by atoms with Crippen molar-refractivity contribution in [3.63, 3.8) is 0 Å². The van der Waals surface area contributed by atoms with Gasteiger partial charge in [-0.3, -0.25) is 9.48 Å². The van der Waals surface area contributed by atoms with Crippen LogP contribution in [0.2, 0.25) is 0 Å². The molecule has 1 atom stereocenters. The summed E-state index contributed by atoms with van der Waals surface area (Å²) in [6.45, 7) is 4.28. The van der Waals surface area contributed by atoms with Crippen molar-refractivity contribution in [2.24, 2.45) is 7.05 Å². The van der Waals surface area contributed by atoms with Crippen LogP contribution in [0.25, 0.3) is 0 Å². The topological polar surface area (TPSA) is 84.7 Å². The molecule has 1 aliphatic heterocycles. The van der Waals surface area contributed by atoms with E-state index >= 15 is 0 Å². The zero-order valence-corrected chi connectivity index (χ0v) is 12.8. The normalized spacial score (nSPS) is 21.8. The molecule has 1 amide bonds. The second kappa shape index (κ2) is 5.48. The second-order valence-electron chi connectivity index (χ2n) is 5.52. The van der Waals surface area contributed by atoms with Gasteiger partial charge in [0.25, 0.3) is 0 Å². The molecule has 7 nitrogen and oxygen atoms in total. The summed E-state index contributed by atoms with van der Waals surface area (Å²) < 4.78 is 6.88. The molecular weight excluding hydrogens is 274 g/mol. The van der Waals surface area contributed by atoms with Gasteiger partial charge in [-0.15, -0.1) is 0 Å². The number of carbonyl (C=O) groups is 2. The molecule has 0 radical (unpaired) electrons. The summed E-state index contributed by atoms with van der Waals surface area (Å²) in [5, 5.41) is 13.6. The standard InChI is InChI=1S/C14H21N3O4/c1-9-11(10(2)16(3)15-9)7-12(18)17-6-5-14(8-17,21-4)13(19)20/h5-8H2,1-4H3,(H,19,20). The molecule has 0 aromatic carbocycles. The number of carboxylic acid groups (broad SMARTS) is 1. The van der Waals surface area contributed by atoms with E-state index < -0.39 is 11.6 Å². The van der Waals surface area contributed by atoms with Crippen LogP contribution in [0.15, 0.2) is 0 Å². The van der Waals surface area contributed by atoms with E-state index in [1.165, 1.54) is 7.11 Å². The number of aliphatic carboxylic acids is 1. The molecule has 116 valence electrons. The molecule has 2 rings (SSSR count). The fourth-order valence-electron chi connectivity index (χ4n) is 2.76. The fraction of sp³-hybridized carbons (Fsp3) is 0.643. The van der Waals surface area contributed by atoms with Gasteiger partial charge in [0, 0.05) is 38.4 Å². The Kier molecular flexibility index (Phi) is 4.04. The highest BCUT2D eigenvalue weighted by molar-refractivity contribution is 5.83. The number of aryl methyl sites for hydroxylation is 2. The van der Waals surface area contributed by atoms with Crippen LogP contribution in [0.4, 0.5) is 0 Å². The molecule has 2 heterocycles. The summed E-state index contributed by atoms with van der Waals surface area (Å²) in [6.07, 6.45) is 0.556. The Morgan fingerprint density at radius 1 is 1.43 bits per heavy atom. The van der Waals surface area contributed by atoms with Crippen LogP contribution in [0.5, 0.6) is 0 Å². The number of hydrogen-bond acceptors (Lipinski definition) is 4. The van der Waals surface area contributed by atoms with Crippen LogP contribution in [-0.2, 0) is 27.8 Å². The highest BCUT2D eigenvalue weighted by atomic mass is 16.5. The van der Waals surface area contributed by atoms with Crippen molar-refractivity contribution >= 4 is 11.9 Å². The fourth-order valence-corrected chi connectivity index (χ4v) is 2.76. The van der Waals surface area contributed by atoms with Gasteiger partial charge in [0.1, 0.15) is 0 Å². The highest BCUT2D eigenvalue weighted by Crippen LogP contribution is 2.26. The molecule has 0 spiro atoms. The van der Waals surface area contributed by atoms with Crippen molar-refractivity contribution in [1.82, 2.24) is 14.7 Å². The van der Waals surface area contributed by atoms with Crippen LogP contribution in [0.1, 0.15) is 23.4 Å². The zero-order chi connectivity index (χ0) is 15.8. The van der Waals surface area contributed by atoms with Crippen molar-refractivity contribution in [1.29, 1.82) is 0 Å². The molecular formula is C14H21N3O4. The highest BCUT2D eigenvalue weighted by Gasteiger charge is 2.46. The lowest BCUT2D eigenvalue weighted by Crippen LogP contribution is -2.44. The number of rotatable bonds is 4. The quantitative estimate of drug-likeness (QED) is 0.862. The molecule has 1 unspecified atom stereocenters. The summed E-state index contributed by atoms with van der Waals surface area (Å²) in [7, 11) is 3.21. The van der Waals surface area contributed by atoms with Gasteiger partial charge in [-0.2, -0.15) is 5.10 Å². The first-order valence-corrected chi connectivity index (χ1v) is 6.86. The predicted molar refractivity (Wildman–Crippen MR) is 75.0 cm³/mol. The van der Waals surface area contributed by atoms with Crippen LogP contribution in [0, 0.1) is 13.8 Å². The predicted octanol–water partition coefficient (Wildman–Crippen LogP) is 0.282. The Hall–Kier alpha value is -1.89. The number of methoxy groups -OCH3 is 1. The Bertz CT molecular complexity index is 581. The molecule has 0 aliphatic carbocycles. The molecule has 0 bridgehead atoms. The average molecular weight is 295 g/mol. The van der Waals surface area contributed by atoms with E-state index in [1.54, 1.807) is 9.58 Å². The maximum atomic E-state index is 12.4. The van der Waals surface area contributed by atoms with Gasteiger partial charge in [-0.25, -0.2) is 4.79 Å². The average Bonchev–Trinajstić information content (AvgIpc) is 2.97. The van der Waals surface area contributed by atoms with E-state index in [4.69, 9.17) is 4.74 Å². The summed E-state index contributed by atoms with van der Waals surface area (Å²) in [6, 6.07) is 0. The van der Waals surface area contributed by atoms with Crippen LogP contribution in [0.3, 0.4) is 0 Å². The Labute approximate surface area is 123 Å². The smallest absolute Gasteiger partial charge is 0.337 e. The number of carboxylic acids is 1. The number of carbonyl (C=O) groups excluding carboxylic acids is 1. The van der Waals surface area contributed by atoms with E-state index in [-0.39, 0.29) is 18.9 Å². The molecule has 21 heavy (non-hydrogen) atoms. The van der Waals surface area contributed by atoms with Crippen molar-refractivity contribution in [3.05, 3.63) is 17.0 Å². The maximum Gasteiger partial charge on any atom is 0.337 e. The lowest BCUT2D eigenvalue weighted by atomic mass is 10.0. The molecule has 1 aliphatic rings. The lowest BCUT2D eigenvalue weighted by molar-refractivity contribution is -0.160. The van der Waals surface area contributed by atoms with Gasteiger partial charge in [0.2, 0.25) is 5.91 Å². The molecule has 1 aromatic rings. The summed E-state index contributed by atoms with van der Waals surface area (Å²) in [5.41, 5.74) is 1.43. The van der Waals surface area contributed by atoms with E-state index in [0.717, 1.165) is 17.0 Å². The van der Waals surface area contributed by atoms with Gasteiger partial charge in [0.15, 0.2) is 5.60 Å². The van der Waals surface area contributed by atoms with Crippen molar-refractivity contribution in [2.45, 2.75) is 32.3 Å². The minimum absolute atomic E-state index is 0.0885. The molecule has 1 saturated heterocycles. The Balaban J connectivity index is 2.11. The summed E-state index contributed by atoms with van der Waals surface area (Å²) in [4.78, 5) is 25.3.